The van der Waals surface area contributed by atoms with Crippen LogP contribution in [0.3, 0.4) is 0 Å². The summed E-state index contributed by atoms with van der Waals surface area (Å²) in [5.74, 6) is 0.128. The Morgan fingerprint density at radius 1 is 0.868 bits per heavy atom. The van der Waals surface area contributed by atoms with E-state index in [2.05, 4.69) is 20.8 Å². The zero-order valence-corrected chi connectivity index (χ0v) is 21.5. The van der Waals surface area contributed by atoms with E-state index in [1.807, 2.05) is 19.1 Å². The van der Waals surface area contributed by atoms with Gasteiger partial charge in [-0.3, -0.25) is 0 Å². The standard InChI is InChI=1S/C31H26O7/c1-5-35-25-8-6-7-19-15-24(30(34)38-28(19)25)23-17-27(32)37-26-16-21(13-14-22(23)26)36-29(33)18-9-11-20(12-10-18)31(2,3)4/h6-17H,5H2,1-4H3. The molecular weight excluding hydrogens is 484 g/mol. The van der Waals surface area contributed by atoms with Gasteiger partial charge in [-0.1, -0.05) is 45.0 Å². The second kappa shape index (κ2) is 9.67. The van der Waals surface area contributed by atoms with E-state index in [4.69, 9.17) is 18.3 Å². The fourth-order valence-electron chi connectivity index (χ4n) is 4.28. The van der Waals surface area contributed by atoms with Gasteiger partial charge in [0.1, 0.15) is 11.3 Å². The summed E-state index contributed by atoms with van der Waals surface area (Å²) < 4.78 is 22.1. The van der Waals surface area contributed by atoms with E-state index in [9.17, 15) is 14.4 Å². The van der Waals surface area contributed by atoms with E-state index in [0.717, 1.165) is 5.56 Å². The van der Waals surface area contributed by atoms with Crippen molar-refractivity contribution in [3.8, 4) is 22.6 Å². The summed E-state index contributed by atoms with van der Waals surface area (Å²) in [6.45, 7) is 8.55. The van der Waals surface area contributed by atoms with Crippen molar-refractivity contribution in [2.45, 2.75) is 33.1 Å². The van der Waals surface area contributed by atoms with Crippen molar-refractivity contribution in [3.63, 3.8) is 0 Å². The molecule has 7 heteroatoms. The summed E-state index contributed by atoms with van der Waals surface area (Å²) in [6.07, 6.45) is 0. The number of esters is 1. The van der Waals surface area contributed by atoms with Crippen molar-refractivity contribution in [1.29, 1.82) is 0 Å². The Balaban J connectivity index is 1.51. The normalized spacial score (nSPS) is 11.6. The molecule has 7 nitrogen and oxygen atoms in total. The van der Waals surface area contributed by atoms with Gasteiger partial charge in [0, 0.05) is 28.5 Å². The van der Waals surface area contributed by atoms with E-state index in [-0.39, 0.29) is 22.3 Å². The summed E-state index contributed by atoms with van der Waals surface area (Å²) in [5.41, 5.74) is 1.24. The number of fused-ring (bicyclic) bond motifs is 2. The summed E-state index contributed by atoms with van der Waals surface area (Å²) in [7, 11) is 0. The molecule has 5 aromatic rings. The third kappa shape index (κ3) is 4.83. The van der Waals surface area contributed by atoms with Gasteiger partial charge in [0.2, 0.25) is 0 Å². The molecule has 2 aromatic heterocycles. The predicted molar refractivity (Wildman–Crippen MR) is 145 cm³/mol. The number of para-hydroxylation sites is 1. The van der Waals surface area contributed by atoms with Crippen molar-refractivity contribution >= 4 is 27.9 Å². The minimum Gasteiger partial charge on any atom is -0.490 e. The second-order valence-electron chi connectivity index (χ2n) is 9.91. The van der Waals surface area contributed by atoms with Crippen LogP contribution in [0.4, 0.5) is 0 Å². The lowest BCUT2D eigenvalue weighted by Gasteiger charge is -2.18. The van der Waals surface area contributed by atoms with Crippen LogP contribution < -0.4 is 20.7 Å². The SMILES string of the molecule is CCOc1cccc2cc(-c3cc(=O)oc4cc(OC(=O)c5ccc(C(C)(C)C)cc5)ccc34)c(=O)oc12. The van der Waals surface area contributed by atoms with Crippen LogP contribution in [0.2, 0.25) is 0 Å². The summed E-state index contributed by atoms with van der Waals surface area (Å²) in [6, 6.07) is 20.1. The molecule has 0 fully saturated rings. The van der Waals surface area contributed by atoms with Gasteiger partial charge in [0.15, 0.2) is 11.3 Å². The maximum Gasteiger partial charge on any atom is 0.344 e. The molecule has 0 radical (unpaired) electrons. The van der Waals surface area contributed by atoms with Gasteiger partial charge in [-0.15, -0.1) is 0 Å². The van der Waals surface area contributed by atoms with Gasteiger partial charge >= 0.3 is 17.2 Å². The number of benzene rings is 3. The van der Waals surface area contributed by atoms with Crippen LogP contribution in [-0.4, -0.2) is 12.6 Å². The fraction of sp³-hybridized carbons (Fsp3) is 0.194. The third-order valence-corrected chi connectivity index (χ3v) is 6.23. The maximum atomic E-state index is 13.0. The number of hydrogen-bond donors (Lipinski definition) is 0. The molecular formula is C31H26O7. The zero-order chi connectivity index (χ0) is 27.0. The first-order chi connectivity index (χ1) is 18.1. The van der Waals surface area contributed by atoms with E-state index in [0.29, 0.717) is 39.8 Å². The summed E-state index contributed by atoms with van der Waals surface area (Å²) in [5, 5.41) is 1.14. The lowest BCUT2D eigenvalue weighted by atomic mass is 9.87. The monoisotopic (exact) mass is 510 g/mol. The molecule has 0 saturated carbocycles. The van der Waals surface area contributed by atoms with Crippen molar-refractivity contribution in [2.75, 3.05) is 6.61 Å². The molecule has 2 heterocycles. The van der Waals surface area contributed by atoms with Crippen LogP contribution in [-0.2, 0) is 5.41 Å². The molecule has 0 bridgehead atoms. The first-order valence-corrected chi connectivity index (χ1v) is 12.2. The largest absolute Gasteiger partial charge is 0.490 e. The Morgan fingerprint density at radius 3 is 2.34 bits per heavy atom. The highest BCUT2D eigenvalue weighted by molar-refractivity contribution is 5.97. The fourth-order valence-corrected chi connectivity index (χ4v) is 4.28. The van der Waals surface area contributed by atoms with E-state index >= 15 is 0 Å². The van der Waals surface area contributed by atoms with Crippen LogP contribution in [0.15, 0.2) is 91.2 Å². The quantitative estimate of drug-likeness (QED) is 0.152. The minimum absolute atomic E-state index is 0.0378. The van der Waals surface area contributed by atoms with Gasteiger partial charge < -0.3 is 18.3 Å². The average molecular weight is 511 g/mol. The van der Waals surface area contributed by atoms with Crippen LogP contribution in [0.1, 0.15) is 43.6 Å². The van der Waals surface area contributed by atoms with Gasteiger partial charge in [0.05, 0.1) is 17.7 Å². The van der Waals surface area contributed by atoms with Gasteiger partial charge in [-0.25, -0.2) is 14.4 Å². The van der Waals surface area contributed by atoms with Gasteiger partial charge in [0.25, 0.3) is 0 Å². The van der Waals surface area contributed by atoms with E-state index in [1.165, 1.54) is 12.1 Å². The smallest absolute Gasteiger partial charge is 0.344 e. The Labute approximate surface area is 218 Å². The minimum atomic E-state index is -0.656. The number of hydrogen-bond acceptors (Lipinski definition) is 7. The Morgan fingerprint density at radius 2 is 1.63 bits per heavy atom. The molecule has 3 aromatic carbocycles. The Kier molecular flexibility index (Phi) is 6.36. The summed E-state index contributed by atoms with van der Waals surface area (Å²) in [4.78, 5) is 38.1. The zero-order valence-electron chi connectivity index (χ0n) is 21.5. The molecule has 38 heavy (non-hydrogen) atoms. The first kappa shape index (κ1) is 25.0. The van der Waals surface area contributed by atoms with Crippen LogP contribution >= 0.6 is 0 Å². The van der Waals surface area contributed by atoms with E-state index < -0.39 is 17.2 Å². The topological polar surface area (TPSA) is 96.0 Å². The third-order valence-electron chi connectivity index (χ3n) is 6.23. The Hall–Kier alpha value is -4.65. The maximum absolute atomic E-state index is 13.0. The van der Waals surface area contributed by atoms with Gasteiger partial charge in [-0.05, 0) is 54.3 Å². The molecule has 0 aliphatic carbocycles. The van der Waals surface area contributed by atoms with Crippen LogP contribution in [0.5, 0.6) is 11.5 Å². The van der Waals surface area contributed by atoms with Crippen LogP contribution in [0.25, 0.3) is 33.1 Å². The molecule has 0 spiro atoms. The predicted octanol–water partition coefficient (Wildman–Crippen LogP) is 6.48. The number of carbonyl (C=O) groups is 1. The first-order valence-electron chi connectivity index (χ1n) is 12.2. The van der Waals surface area contributed by atoms with E-state index in [1.54, 1.807) is 48.5 Å². The molecule has 0 aliphatic heterocycles. The highest BCUT2D eigenvalue weighted by Crippen LogP contribution is 2.32. The average Bonchev–Trinajstić information content (AvgIpc) is 2.88. The van der Waals surface area contributed by atoms with Crippen molar-refractivity contribution in [1.82, 2.24) is 0 Å². The molecule has 0 aliphatic rings. The van der Waals surface area contributed by atoms with Crippen molar-refractivity contribution < 1.29 is 23.1 Å². The molecule has 0 saturated heterocycles. The number of rotatable bonds is 5. The van der Waals surface area contributed by atoms with Gasteiger partial charge in [-0.2, -0.15) is 0 Å². The van der Waals surface area contributed by atoms with Crippen LogP contribution in [0, 0.1) is 0 Å². The van der Waals surface area contributed by atoms with Crippen molar-refractivity contribution in [3.05, 3.63) is 105 Å². The second-order valence-corrected chi connectivity index (χ2v) is 9.91. The molecule has 0 atom stereocenters. The highest BCUT2D eigenvalue weighted by Gasteiger charge is 2.18. The number of ether oxygens (including phenoxy) is 2. The molecule has 0 N–H and O–H groups in total. The highest BCUT2D eigenvalue weighted by atomic mass is 16.5. The Bertz CT molecular complexity index is 1780. The lowest BCUT2D eigenvalue weighted by molar-refractivity contribution is 0.0735. The number of carbonyl (C=O) groups excluding carboxylic acids is 1. The van der Waals surface area contributed by atoms with Crippen molar-refractivity contribution in [2.24, 2.45) is 0 Å². The molecule has 5 rings (SSSR count). The lowest BCUT2D eigenvalue weighted by Crippen LogP contribution is -2.13. The summed E-state index contributed by atoms with van der Waals surface area (Å²) >= 11 is 0. The molecule has 192 valence electrons. The molecule has 0 amide bonds. The molecule has 0 unspecified atom stereocenters.